The normalized spacial score (nSPS) is 14.1. The molecule has 0 saturated carbocycles. The number of aromatic amines is 1. The molecule has 0 atom stereocenters. The Kier molecular flexibility index (Phi) is 3.87. The van der Waals surface area contributed by atoms with Gasteiger partial charge >= 0.3 is 0 Å². The molecule has 0 radical (unpaired) electrons. The SMILES string of the molecule is O=C(c1[nH]c(-c2ccccc2)nc1-c1ccccc1)N1CCCC1. The van der Waals surface area contributed by atoms with Gasteiger partial charge in [-0.3, -0.25) is 4.79 Å². The molecule has 1 aliphatic heterocycles. The zero-order chi connectivity index (χ0) is 16.4. The van der Waals surface area contributed by atoms with Crippen LogP contribution in [0.2, 0.25) is 0 Å². The van der Waals surface area contributed by atoms with E-state index in [2.05, 4.69) is 4.98 Å². The summed E-state index contributed by atoms with van der Waals surface area (Å²) in [5.74, 6) is 0.776. The van der Waals surface area contributed by atoms with Crippen molar-refractivity contribution in [2.24, 2.45) is 0 Å². The molecular formula is C20H19N3O. The van der Waals surface area contributed by atoms with Gasteiger partial charge in [-0.15, -0.1) is 0 Å². The zero-order valence-corrected chi connectivity index (χ0v) is 13.4. The van der Waals surface area contributed by atoms with Gasteiger partial charge < -0.3 is 9.88 Å². The molecule has 1 amide bonds. The van der Waals surface area contributed by atoms with Gasteiger partial charge in [-0.25, -0.2) is 4.98 Å². The second-order valence-electron chi connectivity index (χ2n) is 6.04. The number of carbonyl (C=O) groups excluding carboxylic acids is 1. The average Bonchev–Trinajstić information content (AvgIpc) is 3.33. The molecule has 2 aromatic carbocycles. The van der Waals surface area contributed by atoms with Gasteiger partial charge in [0.05, 0.1) is 0 Å². The van der Waals surface area contributed by atoms with Crippen molar-refractivity contribution in [3.63, 3.8) is 0 Å². The molecule has 0 spiro atoms. The van der Waals surface area contributed by atoms with E-state index in [0.29, 0.717) is 5.69 Å². The van der Waals surface area contributed by atoms with Crippen molar-refractivity contribution in [3.8, 4) is 22.6 Å². The molecule has 1 aliphatic rings. The number of hydrogen-bond acceptors (Lipinski definition) is 2. The molecule has 1 fully saturated rings. The number of aromatic nitrogens is 2. The fourth-order valence-corrected chi connectivity index (χ4v) is 3.14. The number of rotatable bonds is 3. The Morgan fingerprint density at radius 3 is 2.08 bits per heavy atom. The Morgan fingerprint density at radius 2 is 1.46 bits per heavy atom. The summed E-state index contributed by atoms with van der Waals surface area (Å²) in [5.41, 5.74) is 3.25. The maximum Gasteiger partial charge on any atom is 0.272 e. The van der Waals surface area contributed by atoms with E-state index in [9.17, 15) is 4.79 Å². The fourth-order valence-electron chi connectivity index (χ4n) is 3.14. The van der Waals surface area contributed by atoms with Gasteiger partial charge in [0.1, 0.15) is 17.2 Å². The van der Waals surface area contributed by atoms with E-state index < -0.39 is 0 Å². The lowest BCUT2D eigenvalue weighted by molar-refractivity contribution is 0.0788. The largest absolute Gasteiger partial charge is 0.337 e. The van der Waals surface area contributed by atoms with Crippen LogP contribution in [-0.4, -0.2) is 33.9 Å². The Labute approximate surface area is 141 Å². The molecule has 4 heteroatoms. The molecule has 120 valence electrons. The van der Waals surface area contributed by atoms with Crippen LogP contribution in [-0.2, 0) is 0 Å². The third kappa shape index (κ3) is 2.71. The van der Waals surface area contributed by atoms with Crippen LogP contribution in [0, 0.1) is 0 Å². The second-order valence-corrected chi connectivity index (χ2v) is 6.04. The van der Waals surface area contributed by atoms with Gasteiger partial charge in [-0.2, -0.15) is 0 Å². The van der Waals surface area contributed by atoms with Crippen LogP contribution >= 0.6 is 0 Å². The number of nitrogens with zero attached hydrogens (tertiary/aromatic N) is 2. The molecular weight excluding hydrogens is 298 g/mol. The van der Waals surface area contributed by atoms with Crippen molar-refractivity contribution in [1.82, 2.24) is 14.9 Å². The lowest BCUT2D eigenvalue weighted by atomic mass is 10.1. The summed E-state index contributed by atoms with van der Waals surface area (Å²) in [6, 6.07) is 19.8. The maximum atomic E-state index is 12.9. The summed E-state index contributed by atoms with van der Waals surface area (Å²) in [5, 5.41) is 0. The van der Waals surface area contributed by atoms with E-state index in [0.717, 1.165) is 48.6 Å². The van der Waals surface area contributed by atoms with E-state index >= 15 is 0 Å². The van der Waals surface area contributed by atoms with Crippen LogP contribution in [0.3, 0.4) is 0 Å². The molecule has 3 aromatic rings. The van der Waals surface area contributed by atoms with Crippen molar-refractivity contribution in [2.75, 3.05) is 13.1 Å². The molecule has 4 rings (SSSR count). The summed E-state index contributed by atoms with van der Waals surface area (Å²) in [4.78, 5) is 22.9. The highest BCUT2D eigenvalue weighted by Crippen LogP contribution is 2.27. The van der Waals surface area contributed by atoms with Crippen molar-refractivity contribution in [2.45, 2.75) is 12.8 Å². The first-order valence-corrected chi connectivity index (χ1v) is 8.33. The fraction of sp³-hybridized carbons (Fsp3) is 0.200. The van der Waals surface area contributed by atoms with Gasteiger partial charge in [0.25, 0.3) is 5.91 Å². The highest BCUT2D eigenvalue weighted by atomic mass is 16.2. The lowest BCUT2D eigenvalue weighted by Crippen LogP contribution is -2.28. The summed E-state index contributed by atoms with van der Waals surface area (Å²) < 4.78 is 0. The molecule has 2 heterocycles. The maximum absolute atomic E-state index is 12.9. The molecule has 0 aliphatic carbocycles. The molecule has 24 heavy (non-hydrogen) atoms. The number of nitrogens with one attached hydrogen (secondary N) is 1. The number of benzene rings is 2. The predicted molar refractivity (Wildman–Crippen MR) is 94.6 cm³/mol. The number of likely N-dealkylation sites (tertiary alicyclic amines) is 1. The van der Waals surface area contributed by atoms with Gasteiger partial charge in [0, 0.05) is 24.2 Å². The van der Waals surface area contributed by atoms with Crippen molar-refractivity contribution in [3.05, 3.63) is 66.4 Å². The van der Waals surface area contributed by atoms with Crippen molar-refractivity contribution < 1.29 is 4.79 Å². The Bertz CT molecular complexity index is 834. The average molecular weight is 317 g/mol. The van der Waals surface area contributed by atoms with Gasteiger partial charge in [-0.1, -0.05) is 60.7 Å². The standard InChI is InChI=1S/C20H19N3O/c24-20(23-13-7-8-14-23)18-17(15-9-3-1-4-10-15)21-19(22-18)16-11-5-2-6-12-16/h1-6,9-12H,7-8,13-14H2,(H,21,22). The molecule has 1 aromatic heterocycles. The van der Waals surface area contributed by atoms with Crippen LogP contribution in [0.4, 0.5) is 0 Å². The molecule has 1 N–H and O–H groups in total. The third-order valence-corrected chi connectivity index (χ3v) is 4.41. The van der Waals surface area contributed by atoms with Gasteiger partial charge in [0.2, 0.25) is 0 Å². The number of carbonyl (C=O) groups is 1. The number of H-pyrrole nitrogens is 1. The van der Waals surface area contributed by atoms with Crippen LogP contribution < -0.4 is 0 Å². The molecule has 4 nitrogen and oxygen atoms in total. The second kappa shape index (κ2) is 6.32. The monoisotopic (exact) mass is 317 g/mol. The van der Waals surface area contributed by atoms with E-state index in [4.69, 9.17) is 4.98 Å². The van der Waals surface area contributed by atoms with Crippen LogP contribution in [0.15, 0.2) is 60.7 Å². The summed E-state index contributed by atoms with van der Waals surface area (Å²) in [6.07, 6.45) is 2.15. The first-order chi connectivity index (χ1) is 11.8. The van der Waals surface area contributed by atoms with E-state index in [-0.39, 0.29) is 5.91 Å². The zero-order valence-electron chi connectivity index (χ0n) is 13.4. The van der Waals surface area contributed by atoms with Gasteiger partial charge in [0.15, 0.2) is 0 Å². The minimum Gasteiger partial charge on any atom is -0.337 e. The Balaban J connectivity index is 1.81. The van der Waals surface area contributed by atoms with Gasteiger partial charge in [-0.05, 0) is 12.8 Å². The Morgan fingerprint density at radius 1 is 0.875 bits per heavy atom. The van der Waals surface area contributed by atoms with E-state index in [1.807, 2.05) is 65.6 Å². The first kappa shape index (κ1) is 14.7. The summed E-state index contributed by atoms with van der Waals surface area (Å²) in [7, 11) is 0. The van der Waals surface area contributed by atoms with E-state index in [1.54, 1.807) is 0 Å². The third-order valence-electron chi connectivity index (χ3n) is 4.41. The lowest BCUT2D eigenvalue weighted by Gasteiger charge is -2.14. The van der Waals surface area contributed by atoms with E-state index in [1.165, 1.54) is 0 Å². The van der Waals surface area contributed by atoms with Crippen molar-refractivity contribution in [1.29, 1.82) is 0 Å². The minimum atomic E-state index is 0.0426. The van der Waals surface area contributed by atoms with Crippen LogP contribution in [0.25, 0.3) is 22.6 Å². The molecule has 1 saturated heterocycles. The minimum absolute atomic E-state index is 0.0426. The Hall–Kier alpha value is -2.88. The van der Waals surface area contributed by atoms with Crippen LogP contribution in [0.5, 0.6) is 0 Å². The highest BCUT2D eigenvalue weighted by Gasteiger charge is 2.25. The highest BCUT2D eigenvalue weighted by molar-refractivity contribution is 5.99. The number of imidazole rings is 1. The predicted octanol–water partition coefficient (Wildman–Crippen LogP) is 3.98. The molecule has 0 bridgehead atoms. The smallest absolute Gasteiger partial charge is 0.272 e. The quantitative estimate of drug-likeness (QED) is 0.794. The first-order valence-electron chi connectivity index (χ1n) is 8.33. The topological polar surface area (TPSA) is 49.0 Å². The summed E-state index contributed by atoms with van der Waals surface area (Å²) >= 11 is 0. The number of hydrogen-bond donors (Lipinski definition) is 1. The van der Waals surface area contributed by atoms with Crippen molar-refractivity contribution >= 4 is 5.91 Å². The molecule has 0 unspecified atom stereocenters. The van der Waals surface area contributed by atoms with Crippen LogP contribution in [0.1, 0.15) is 23.3 Å². The number of amides is 1. The summed E-state index contributed by atoms with van der Waals surface area (Å²) in [6.45, 7) is 1.65.